The number of nitrogens with zero attached hydrogens (tertiary/aromatic N) is 2. The molecular formula is C23H26N6O3. The van der Waals surface area contributed by atoms with Crippen molar-refractivity contribution >= 4 is 46.3 Å². The van der Waals surface area contributed by atoms with Gasteiger partial charge >= 0.3 is 5.97 Å². The van der Waals surface area contributed by atoms with Gasteiger partial charge in [0.15, 0.2) is 11.6 Å². The Morgan fingerprint density at radius 3 is 1.91 bits per heavy atom. The molecule has 1 amide bonds. The summed E-state index contributed by atoms with van der Waals surface area (Å²) in [6.07, 6.45) is 1.39. The Morgan fingerprint density at radius 1 is 0.906 bits per heavy atom. The SMILES string of the molecule is CC(=O)Nc1ccc(Nc2ncnc(Nc3ccc(C(=O)OCC(C)C)cc3)c2N)cc1. The molecule has 3 aromatic rings. The Morgan fingerprint density at radius 2 is 1.41 bits per heavy atom. The number of rotatable bonds is 8. The van der Waals surface area contributed by atoms with Crippen LogP contribution in [0.25, 0.3) is 0 Å². The molecule has 0 aliphatic carbocycles. The smallest absolute Gasteiger partial charge is 0.338 e. The van der Waals surface area contributed by atoms with Crippen molar-refractivity contribution in [3.8, 4) is 0 Å². The number of esters is 1. The monoisotopic (exact) mass is 434 g/mol. The van der Waals surface area contributed by atoms with Crippen LogP contribution in [0.1, 0.15) is 31.1 Å². The van der Waals surface area contributed by atoms with E-state index >= 15 is 0 Å². The van der Waals surface area contributed by atoms with E-state index in [2.05, 4.69) is 25.9 Å². The number of carbonyl (C=O) groups is 2. The number of amides is 1. The summed E-state index contributed by atoms with van der Waals surface area (Å²) in [5.74, 6) is 0.638. The number of ether oxygens (including phenoxy) is 1. The highest BCUT2D eigenvalue weighted by Gasteiger charge is 2.11. The van der Waals surface area contributed by atoms with E-state index in [1.807, 2.05) is 13.8 Å². The highest BCUT2D eigenvalue weighted by atomic mass is 16.5. The van der Waals surface area contributed by atoms with Crippen molar-refractivity contribution in [1.82, 2.24) is 9.97 Å². The first-order valence-corrected chi connectivity index (χ1v) is 10.1. The molecule has 0 saturated heterocycles. The highest BCUT2D eigenvalue weighted by molar-refractivity contribution is 5.90. The van der Waals surface area contributed by atoms with Crippen LogP contribution in [0.5, 0.6) is 0 Å². The molecule has 5 N–H and O–H groups in total. The number of hydrogen-bond donors (Lipinski definition) is 4. The first kappa shape index (κ1) is 22.5. The van der Waals surface area contributed by atoms with Gasteiger partial charge in [0.25, 0.3) is 0 Å². The second-order valence-corrected chi connectivity index (χ2v) is 7.56. The lowest BCUT2D eigenvalue weighted by Crippen LogP contribution is -2.10. The molecule has 0 aliphatic heterocycles. The van der Waals surface area contributed by atoms with Crippen LogP contribution in [0.4, 0.5) is 34.4 Å². The zero-order chi connectivity index (χ0) is 23.1. The Balaban J connectivity index is 1.67. The van der Waals surface area contributed by atoms with Crippen LogP contribution >= 0.6 is 0 Å². The number of anilines is 6. The van der Waals surface area contributed by atoms with Gasteiger partial charge in [-0.3, -0.25) is 4.79 Å². The standard InChI is InChI=1S/C23H26N6O3/c1-14(2)12-32-23(31)16-4-6-18(7-5-16)28-21-20(24)22(26-13-25-21)29-19-10-8-17(9-11-19)27-15(3)30/h4-11,13-14H,12,24H2,1-3H3,(H,27,30)(H2,25,26,28,29). The zero-order valence-corrected chi connectivity index (χ0v) is 18.2. The molecule has 1 heterocycles. The molecule has 32 heavy (non-hydrogen) atoms. The number of hydrogen-bond acceptors (Lipinski definition) is 8. The lowest BCUT2D eigenvalue weighted by molar-refractivity contribution is -0.114. The van der Waals surface area contributed by atoms with Crippen molar-refractivity contribution in [1.29, 1.82) is 0 Å². The van der Waals surface area contributed by atoms with Crippen LogP contribution in [0, 0.1) is 5.92 Å². The van der Waals surface area contributed by atoms with Gasteiger partial charge in [-0.15, -0.1) is 0 Å². The van der Waals surface area contributed by atoms with Crippen LogP contribution < -0.4 is 21.7 Å². The average Bonchev–Trinajstić information content (AvgIpc) is 2.76. The number of benzene rings is 2. The van der Waals surface area contributed by atoms with Gasteiger partial charge in [0, 0.05) is 24.0 Å². The van der Waals surface area contributed by atoms with Gasteiger partial charge < -0.3 is 26.4 Å². The van der Waals surface area contributed by atoms with Gasteiger partial charge in [-0.2, -0.15) is 0 Å². The number of carbonyl (C=O) groups excluding carboxylic acids is 2. The molecule has 9 heteroatoms. The maximum atomic E-state index is 12.1. The van der Waals surface area contributed by atoms with Crippen molar-refractivity contribution in [2.45, 2.75) is 20.8 Å². The maximum Gasteiger partial charge on any atom is 0.338 e. The molecule has 1 aromatic heterocycles. The van der Waals surface area contributed by atoms with Crippen LogP contribution in [-0.2, 0) is 9.53 Å². The molecule has 0 spiro atoms. The van der Waals surface area contributed by atoms with Gasteiger partial charge in [-0.1, -0.05) is 13.8 Å². The third kappa shape index (κ3) is 6.18. The Kier molecular flexibility index (Phi) is 7.22. The van der Waals surface area contributed by atoms with E-state index in [0.717, 1.165) is 5.69 Å². The minimum Gasteiger partial charge on any atom is -0.462 e. The summed E-state index contributed by atoms with van der Waals surface area (Å²) in [7, 11) is 0. The summed E-state index contributed by atoms with van der Waals surface area (Å²) >= 11 is 0. The number of nitrogens with one attached hydrogen (secondary N) is 3. The van der Waals surface area contributed by atoms with Crippen molar-refractivity contribution in [3.63, 3.8) is 0 Å². The molecule has 0 aliphatic rings. The summed E-state index contributed by atoms with van der Waals surface area (Å²) in [4.78, 5) is 31.6. The van der Waals surface area contributed by atoms with Gasteiger partial charge in [0.1, 0.15) is 12.0 Å². The van der Waals surface area contributed by atoms with Gasteiger partial charge in [0.05, 0.1) is 12.2 Å². The Labute approximate surface area is 186 Å². The van der Waals surface area contributed by atoms with E-state index in [4.69, 9.17) is 10.5 Å². The molecule has 166 valence electrons. The van der Waals surface area contributed by atoms with E-state index in [9.17, 15) is 9.59 Å². The summed E-state index contributed by atoms with van der Waals surface area (Å²) in [5.41, 5.74) is 9.19. The van der Waals surface area contributed by atoms with Crippen molar-refractivity contribution in [2.75, 3.05) is 28.3 Å². The highest BCUT2D eigenvalue weighted by Crippen LogP contribution is 2.28. The molecular weight excluding hydrogens is 408 g/mol. The van der Waals surface area contributed by atoms with Crippen molar-refractivity contribution in [3.05, 3.63) is 60.4 Å². The summed E-state index contributed by atoms with van der Waals surface area (Å²) < 4.78 is 5.24. The minimum atomic E-state index is -0.359. The Hall–Kier alpha value is -4.14. The second kappa shape index (κ2) is 10.3. The predicted octanol–water partition coefficient (Wildman–Crippen LogP) is 4.32. The summed E-state index contributed by atoms with van der Waals surface area (Å²) in [6.45, 7) is 5.79. The van der Waals surface area contributed by atoms with Gasteiger partial charge in [-0.05, 0) is 54.4 Å². The van der Waals surface area contributed by atoms with E-state index in [0.29, 0.717) is 40.9 Å². The van der Waals surface area contributed by atoms with E-state index in [1.165, 1.54) is 13.3 Å². The maximum absolute atomic E-state index is 12.1. The first-order chi connectivity index (χ1) is 15.3. The minimum absolute atomic E-state index is 0.137. The molecule has 0 unspecified atom stereocenters. The molecule has 0 fully saturated rings. The Bertz CT molecular complexity index is 1080. The van der Waals surface area contributed by atoms with Crippen LogP contribution in [0.2, 0.25) is 0 Å². The van der Waals surface area contributed by atoms with Gasteiger partial charge in [-0.25, -0.2) is 14.8 Å². The molecule has 2 aromatic carbocycles. The predicted molar refractivity (Wildman–Crippen MR) is 125 cm³/mol. The number of nitrogens with two attached hydrogens (primary N) is 1. The van der Waals surface area contributed by atoms with Crippen molar-refractivity contribution in [2.24, 2.45) is 5.92 Å². The summed E-state index contributed by atoms with van der Waals surface area (Å²) in [6, 6.07) is 14.0. The molecule has 0 bridgehead atoms. The van der Waals surface area contributed by atoms with Crippen LogP contribution in [0.15, 0.2) is 54.9 Å². The van der Waals surface area contributed by atoms with Crippen molar-refractivity contribution < 1.29 is 14.3 Å². The zero-order valence-electron chi connectivity index (χ0n) is 18.2. The molecule has 0 radical (unpaired) electrons. The largest absolute Gasteiger partial charge is 0.462 e. The molecule has 0 saturated carbocycles. The topological polar surface area (TPSA) is 131 Å². The first-order valence-electron chi connectivity index (χ1n) is 10.1. The van der Waals surface area contributed by atoms with E-state index in [1.54, 1.807) is 48.5 Å². The number of aromatic nitrogens is 2. The average molecular weight is 435 g/mol. The molecule has 0 atom stereocenters. The van der Waals surface area contributed by atoms with E-state index < -0.39 is 0 Å². The second-order valence-electron chi connectivity index (χ2n) is 7.56. The lowest BCUT2D eigenvalue weighted by atomic mass is 10.2. The number of nitrogen functional groups attached to an aromatic ring is 1. The molecule has 9 nitrogen and oxygen atoms in total. The third-order valence-corrected chi connectivity index (χ3v) is 4.28. The molecule has 3 rings (SSSR count). The third-order valence-electron chi connectivity index (χ3n) is 4.28. The quantitative estimate of drug-likeness (QED) is 0.386. The van der Waals surface area contributed by atoms with E-state index in [-0.39, 0.29) is 17.8 Å². The lowest BCUT2D eigenvalue weighted by Gasteiger charge is -2.13. The van der Waals surface area contributed by atoms with Crippen LogP contribution in [-0.4, -0.2) is 28.5 Å². The van der Waals surface area contributed by atoms with Gasteiger partial charge in [0.2, 0.25) is 5.91 Å². The fourth-order valence-electron chi connectivity index (χ4n) is 2.72. The summed E-state index contributed by atoms with van der Waals surface area (Å²) in [5, 5.41) is 8.98. The normalized spacial score (nSPS) is 10.5. The fraction of sp³-hybridized carbons (Fsp3) is 0.217. The van der Waals surface area contributed by atoms with Crippen LogP contribution in [0.3, 0.4) is 0 Å². The fourth-order valence-corrected chi connectivity index (χ4v) is 2.72.